The lowest BCUT2D eigenvalue weighted by Gasteiger charge is -2.18. The van der Waals surface area contributed by atoms with Crippen molar-refractivity contribution >= 4 is 17.9 Å². The van der Waals surface area contributed by atoms with Gasteiger partial charge in [-0.2, -0.15) is 0 Å². The lowest BCUT2D eigenvalue weighted by molar-refractivity contribution is -0.167. The van der Waals surface area contributed by atoms with Crippen molar-refractivity contribution < 1.29 is 28.6 Å². The minimum Gasteiger partial charge on any atom is -0.462 e. The molecule has 0 aliphatic rings. The van der Waals surface area contributed by atoms with Crippen molar-refractivity contribution in [1.29, 1.82) is 0 Å². The van der Waals surface area contributed by atoms with Gasteiger partial charge in [0.2, 0.25) is 0 Å². The second kappa shape index (κ2) is 61.9. The van der Waals surface area contributed by atoms with Gasteiger partial charge in [-0.3, -0.25) is 14.4 Å². The van der Waals surface area contributed by atoms with E-state index in [9.17, 15) is 14.4 Å². The van der Waals surface area contributed by atoms with E-state index in [2.05, 4.69) is 118 Å². The molecule has 0 aromatic rings. The smallest absolute Gasteiger partial charge is 0.306 e. The number of carbonyl (C=O) groups excluding carboxylic acids is 3. The molecule has 0 spiro atoms. The highest BCUT2D eigenvalue weighted by atomic mass is 16.6. The molecule has 0 N–H and O–H groups in total. The van der Waals surface area contributed by atoms with Crippen molar-refractivity contribution in [1.82, 2.24) is 0 Å². The van der Waals surface area contributed by atoms with E-state index in [1.807, 2.05) is 0 Å². The molecule has 0 fully saturated rings. The third-order valence-corrected chi connectivity index (χ3v) is 13.3. The summed E-state index contributed by atoms with van der Waals surface area (Å²) in [7, 11) is 0. The molecule has 1 unspecified atom stereocenters. The number of hydrogen-bond acceptors (Lipinski definition) is 6. The predicted octanol–water partition coefficient (Wildman–Crippen LogP) is 21.3. The van der Waals surface area contributed by atoms with Crippen LogP contribution in [-0.4, -0.2) is 37.2 Å². The number of carbonyl (C=O) groups is 3. The fourth-order valence-corrected chi connectivity index (χ4v) is 8.61. The van der Waals surface area contributed by atoms with Gasteiger partial charge in [0.15, 0.2) is 6.10 Å². The van der Waals surface area contributed by atoms with Crippen molar-refractivity contribution in [3.8, 4) is 0 Å². The highest BCUT2D eigenvalue weighted by Crippen LogP contribution is 2.15. The number of allylic oxidation sites excluding steroid dienone is 16. The minimum atomic E-state index is -0.790. The molecule has 6 heteroatoms. The van der Waals surface area contributed by atoms with Crippen LogP contribution < -0.4 is 0 Å². The van der Waals surface area contributed by atoms with E-state index < -0.39 is 6.10 Å². The van der Waals surface area contributed by atoms with E-state index in [1.54, 1.807) is 0 Å². The van der Waals surface area contributed by atoms with Gasteiger partial charge in [0.05, 0.1) is 0 Å². The summed E-state index contributed by atoms with van der Waals surface area (Å²) >= 11 is 0. The molecule has 0 saturated heterocycles. The van der Waals surface area contributed by atoms with Gasteiger partial charge in [-0.25, -0.2) is 0 Å². The van der Waals surface area contributed by atoms with Gasteiger partial charge in [0.25, 0.3) is 0 Å². The second-order valence-electron chi connectivity index (χ2n) is 20.6. The molecule has 0 aromatic carbocycles. The molecular formula is C68H116O6. The number of unbranched alkanes of at least 4 members (excludes halogenated alkanes) is 29. The van der Waals surface area contributed by atoms with Crippen LogP contribution in [0.3, 0.4) is 0 Å². The Hall–Kier alpha value is -3.67. The van der Waals surface area contributed by atoms with E-state index in [0.29, 0.717) is 19.3 Å². The first-order chi connectivity index (χ1) is 36.5. The highest BCUT2D eigenvalue weighted by Gasteiger charge is 2.19. The van der Waals surface area contributed by atoms with Crippen molar-refractivity contribution in [3.63, 3.8) is 0 Å². The van der Waals surface area contributed by atoms with Crippen molar-refractivity contribution in [2.24, 2.45) is 0 Å². The van der Waals surface area contributed by atoms with Crippen LogP contribution in [0.15, 0.2) is 97.2 Å². The normalized spacial score (nSPS) is 12.7. The second-order valence-corrected chi connectivity index (χ2v) is 20.6. The van der Waals surface area contributed by atoms with Crippen LogP contribution in [0.1, 0.15) is 297 Å². The third kappa shape index (κ3) is 59.2. The lowest BCUT2D eigenvalue weighted by Crippen LogP contribution is -2.30. The quantitative estimate of drug-likeness (QED) is 0.0261. The summed E-state index contributed by atoms with van der Waals surface area (Å²) in [5.41, 5.74) is 0. The Morgan fingerprint density at radius 2 is 0.527 bits per heavy atom. The fourth-order valence-electron chi connectivity index (χ4n) is 8.61. The maximum absolute atomic E-state index is 12.9. The Morgan fingerprint density at radius 3 is 0.865 bits per heavy atom. The SMILES string of the molecule is CC/C=C\C/C=C\C/C=C\C/C=C\CCCCCCCCCCC(=O)OC(COC(=O)CCCCCCC/C=C\CCCCC)COC(=O)CCCCCCCCCC/C=C\C/C=C\C/C=C\CCCCCCC. The van der Waals surface area contributed by atoms with Crippen LogP contribution in [0, 0.1) is 0 Å². The summed E-state index contributed by atoms with van der Waals surface area (Å²) in [6.45, 7) is 6.49. The average molecular weight is 1030 g/mol. The Labute approximate surface area is 457 Å². The van der Waals surface area contributed by atoms with Gasteiger partial charge in [0.1, 0.15) is 13.2 Å². The van der Waals surface area contributed by atoms with Gasteiger partial charge in [-0.05, 0) is 122 Å². The van der Waals surface area contributed by atoms with E-state index in [1.165, 1.54) is 141 Å². The van der Waals surface area contributed by atoms with Crippen LogP contribution in [0.2, 0.25) is 0 Å². The van der Waals surface area contributed by atoms with E-state index in [-0.39, 0.29) is 31.1 Å². The first-order valence-corrected chi connectivity index (χ1v) is 31.2. The molecule has 424 valence electrons. The van der Waals surface area contributed by atoms with Crippen LogP contribution >= 0.6 is 0 Å². The largest absolute Gasteiger partial charge is 0.462 e. The molecule has 0 aliphatic carbocycles. The molecule has 1 atom stereocenters. The monoisotopic (exact) mass is 1030 g/mol. The van der Waals surface area contributed by atoms with E-state index in [0.717, 1.165) is 116 Å². The van der Waals surface area contributed by atoms with Gasteiger partial charge in [0, 0.05) is 19.3 Å². The topological polar surface area (TPSA) is 78.9 Å². The molecule has 0 bridgehead atoms. The zero-order valence-electron chi connectivity index (χ0n) is 48.6. The van der Waals surface area contributed by atoms with Gasteiger partial charge >= 0.3 is 17.9 Å². The maximum atomic E-state index is 12.9. The molecule has 0 radical (unpaired) electrons. The number of hydrogen-bond donors (Lipinski definition) is 0. The molecular weight excluding hydrogens is 913 g/mol. The number of ether oxygens (including phenoxy) is 3. The minimum absolute atomic E-state index is 0.0873. The summed E-state index contributed by atoms with van der Waals surface area (Å²) in [4.78, 5) is 38.3. The predicted molar refractivity (Wildman–Crippen MR) is 320 cm³/mol. The zero-order chi connectivity index (χ0) is 53.6. The molecule has 0 aliphatic heterocycles. The standard InChI is InChI=1S/C68H116O6/c1-4-7-10-13-16-19-22-25-27-29-31-33-34-36-37-39-41-43-46-49-52-55-58-61-67(70)73-64-65(63-72-66(69)60-57-54-51-48-45-24-21-18-15-12-9-6-3)74-68(71)62-59-56-53-50-47-44-42-40-38-35-32-30-28-26-23-20-17-14-11-8-5-2/h8,11,17-18,20-22,25-26,28-29,31-32,34-36,65H,4-7,9-10,12-16,19,23-24,27,30,33,37-64H2,1-3H3/b11-8-,20-17-,21-18-,25-22-,28-26-,31-29-,35-32-,36-34-. The molecule has 0 rings (SSSR count). The van der Waals surface area contributed by atoms with Crippen molar-refractivity contribution in [3.05, 3.63) is 97.2 Å². The summed E-state index contributed by atoms with van der Waals surface area (Å²) < 4.78 is 16.9. The molecule has 6 nitrogen and oxygen atoms in total. The van der Waals surface area contributed by atoms with E-state index >= 15 is 0 Å². The summed E-state index contributed by atoms with van der Waals surface area (Å²) in [6.07, 6.45) is 82.6. The Morgan fingerprint density at radius 1 is 0.284 bits per heavy atom. The van der Waals surface area contributed by atoms with Gasteiger partial charge in [-0.15, -0.1) is 0 Å². The first-order valence-electron chi connectivity index (χ1n) is 31.2. The number of esters is 3. The highest BCUT2D eigenvalue weighted by molar-refractivity contribution is 5.71. The summed E-state index contributed by atoms with van der Waals surface area (Å²) in [6, 6.07) is 0. The molecule has 74 heavy (non-hydrogen) atoms. The Bertz CT molecular complexity index is 1460. The van der Waals surface area contributed by atoms with Gasteiger partial charge < -0.3 is 14.2 Å². The lowest BCUT2D eigenvalue weighted by atomic mass is 10.1. The van der Waals surface area contributed by atoms with Crippen molar-refractivity contribution in [2.45, 2.75) is 303 Å². The van der Waals surface area contributed by atoms with Crippen LogP contribution in [-0.2, 0) is 28.6 Å². The first kappa shape index (κ1) is 70.3. The molecule has 0 heterocycles. The zero-order valence-corrected chi connectivity index (χ0v) is 48.6. The van der Waals surface area contributed by atoms with E-state index in [4.69, 9.17) is 14.2 Å². The van der Waals surface area contributed by atoms with Gasteiger partial charge in [-0.1, -0.05) is 253 Å². The maximum Gasteiger partial charge on any atom is 0.306 e. The average Bonchev–Trinajstić information content (AvgIpc) is 3.40. The third-order valence-electron chi connectivity index (χ3n) is 13.3. The fraction of sp³-hybridized carbons (Fsp3) is 0.721. The van der Waals surface area contributed by atoms with Crippen molar-refractivity contribution in [2.75, 3.05) is 13.2 Å². The molecule has 0 aromatic heterocycles. The van der Waals surface area contributed by atoms with Crippen LogP contribution in [0.4, 0.5) is 0 Å². The summed E-state index contributed by atoms with van der Waals surface area (Å²) in [5, 5.41) is 0. The van der Waals surface area contributed by atoms with Crippen LogP contribution in [0.5, 0.6) is 0 Å². The summed E-state index contributed by atoms with van der Waals surface area (Å²) in [5.74, 6) is -0.904. The Kier molecular flexibility index (Phi) is 58.8. The molecule has 0 saturated carbocycles. The molecule has 0 amide bonds. The Balaban J connectivity index is 4.36. The number of rotatable bonds is 56. The van der Waals surface area contributed by atoms with Crippen LogP contribution in [0.25, 0.3) is 0 Å².